The van der Waals surface area contributed by atoms with E-state index in [0.29, 0.717) is 5.69 Å². The van der Waals surface area contributed by atoms with E-state index in [2.05, 4.69) is 0 Å². The van der Waals surface area contributed by atoms with Gasteiger partial charge < -0.3 is 19.7 Å². The summed E-state index contributed by atoms with van der Waals surface area (Å²) >= 11 is 0. The van der Waals surface area contributed by atoms with Gasteiger partial charge in [0.2, 0.25) is 5.43 Å². The molecule has 19 heavy (non-hydrogen) atoms. The van der Waals surface area contributed by atoms with Crippen molar-refractivity contribution in [3.63, 3.8) is 0 Å². The van der Waals surface area contributed by atoms with Gasteiger partial charge in [-0.1, -0.05) is 6.07 Å². The molecule has 0 saturated carbocycles. The Kier molecular flexibility index (Phi) is 3.57. The fourth-order valence-corrected chi connectivity index (χ4v) is 1.85. The molecule has 2 rings (SSSR count). The number of anilines is 1. The number of hydrogen-bond donors (Lipinski definition) is 2. The van der Waals surface area contributed by atoms with Crippen molar-refractivity contribution < 1.29 is 10.2 Å². The Morgan fingerprint density at radius 1 is 1.26 bits per heavy atom. The van der Waals surface area contributed by atoms with Crippen molar-refractivity contribution in [3.8, 4) is 11.4 Å². The van der Waals surface area contributed by atoms with Gasteiger partial charge in [0, 0.05) is 31.5 Å². The van der Waals surface area contributed by atoms with Crippen molar-refractivity contribution in [2.45, 2.75) is 6.61 Å². The number of nitrogens with zero attached hydrogens (tertiary/aromatic N) is 2. The first-order valence-electron chi connectivity index (χ1n) is 5.86. The van der Waals surface area contributed by atoms with Crippen LogP contribution >= 0.6 is 0 Å². The molecule has 0 bridgehead atoms. The molecular formula is C14H16N2O3. The fourth-order valence-electron chi connectivity index (χ4n) is 1.85. The maximum atomic E-state index is 11.4. The smallest absolute Gasteiger partial charge is 0.223 e. The highest BCUT2D eigenvalue weighted by Crippen LogP contribution is 2.19. The Bertz CT molecular complexity index is 647. The number of hydrogen-bond acceptors (Lipinski definition) is 4. The first kappa shape index (κ1) is 13.2. The van der Waals surface area contributed by atoms with Crippen molar-refractivity contribution >= 4 is 5.69 Å². The molecule has 0 aliphatic heterocycles. The highest BCUT2D eigenvalue weighted by Gasteiger charge is 2.07. The second-order valence-corrected chi connectivity index (χ2v) is 4.46. The number of aliphatic hydroxyl groups is 1. The van der Waals surface area contributed by atoms with Crippen LogP contribution in [-0.2, 0) is 6.61 Å². The van der Waals surface area contributed by atoms with Gasteiger partial charge in [0.15, 0.2) is 5.75 Å². The Hall–Kier alpha value is -2.27. The third-order valence-corrected chi connectivity index (χ3v) is 2.90. The number of pyridine rings is 1. The summed E-state index contributed by atoms with van der Waals surface area (Å²) in [6, 6.07) is 8.81. The standard InChI is InChI=1S/C14H16N2O3/c1-15(2)10-4-3-5-11(6-10)16-8-14(19)13(18)7-12(16)9-17/h3-8,17,19H,9H2,1-2H3. The minimum atomic E-state index is -0.496. The Morgan fingerprint density at radius 3 is 2.63 bits per heavy atom. The van der Waals surface area contributed by atoms with Crippen LogP contribution in [0.5, 0.6) is 5.75 Å². The predicted molar refractivity (Wildman–Crippen MR) is 74.0 cm³/mol. The van der Waals surface area contributed by atoms with Crippen LogP contribution in [0.15, 0.2) is 41.3 Å². The minimum Gasteiger partial charge on any atom is -0.503 e. The number of rotatable bonds is 3. The zero-order valence-electron chi connectivity index (χ0n) is 10.9. The molecule has 2 N–H and O–H groups in total. The lowest BCUT2D eigenvalue weighted by molar-refractivity contribution is 0.273. The summed E-state index contributed by atoms with van der Waals surface area (Å²) in [5, 5.41) is 18.9. The number of aromatic hydroxyl groups is 1. The van der Waals surface area contributed by atoms with Crippen LogP contribution in [0.2, 0.25) is 0 Å². The fraction of sp³-hybridized carbons (Fsp3) is 0.214. The van der Waals surface area contributed by atoms with Gasteiger partial charge in [0.1, 0.15) is 0 Å². The quantitative estimate of drug-likeness (QED) is 0.867. The number of aromatic nitrogens is 1. The molecule has 0 unspecified atom stereocenters. The van der Waals surface area contributed by atoms with Gasteiger partial charge in [-0.15, -0.1) is 0 Å². The average molecular weight is 260 g/mol. The molecule has 1 aromatic carbocycles. The summed E-state index contributed by atoms with van der Waals surface area (Å²) in [4.78, 5) is 13.3. The first-order valence-corrected chi connectivity index (χ1v) is 5.86. The molecular weight excluding hydrogens is 244 g/mol. The zero-order valence-corrected chi connectivity index (χ0v) is 10.9. The van der Waals surface area contributed by atoms with Gasteiger partial charge in [0.25, 0.3) is 0 Å². The molecule has 5 heteroatoms. The SMILES string of the molecule is CN(C)c1cccc(-n2cc(O)c(=O)cc2CO)c1. The first-order chi connectivity index (χ1) is 9.02. The third kappa shape index (κ3) is 2.61. The van der Waals surface area contributed by atoms with Crippen LogP contribution in [0.3, 0.4) is 0 Å². The lowest BCUT2D eigenvalue weighted by Crippen LogP contribution is -2.12. The van der Waals surface area contributed by atoms with E-state index < -0.39 is 5.43 Å². The molecule has 0 spiro atoms. The third-order valence-electron chi connectivity index (χ3n) is 2.90. The summed E-state index contributed by atoms with van der Waals surface area (Å²) in [5.74, 6) is -0.340. The normalized spacial score (nSPS) is 10.5. The van der Waals surface area contributed by atoms with Gasteiger partial charge in [-0.05, 0) is 18.2 Å². The predicted octanol–water partition coefficient (Wildman–Crippen LogP) is 1.10. The van der Waals surface area contributed by atoms with Gasteiger partial charge in [-0.25, -0.2) is 0 Å². The van der Waals surface area contributed by atoms with E-state index in [1.807, 2.05) is 43.3 Å². The molecule has 0 aliphatic rings. The van der Waals surface area contributed by atoms with Crippen molar-refractivity contribution in [3.05, 3.63) is 52.4 Å². The molecule has 0 fully saturated rings. The van der Waals surface area contributed by atoms with Crippen LogP contribution in [0.4, 0.5) is 5.69 Å². The van der Waals surface area contributed by atoms with Gasteiger partial charge >= 0.3 is 0 Å². The Balaban J connectivity index is 2.61. The summed E-state index contributed by atoms with van der Waals surface area (Å²) in [7, 11) is 3.85. The van der Waals surface area contributed by atoms with E-state index in [1.54, 1.807) is 4.57 Å². The number of benzene rings is 1. The largest absolute Gasteiger partial charge is 0.503 e. The second kappa shape index (κ2) is 5.16. The topological polar surface area (TPSA) is 65.7 Å². The second-order valence-electron chi connectivity index (χ2n) is 4.46. The monoisotopic (exact) mass is 260 g/mol. The molecule has 2 aromatic rings. The van der Waals surface area contributed by atoms with Crippen LogP contribution in [0, 0.1) is 0 Å². The Morgan fingerprint density at radius 2 is 2.00 bits per heavy atom. The summed E-state index contributed by atoms with van der Waals surface area (Å²) in [5.41, 5.74) is 1.69. The van der Waals surface area contributed by atoms with E-state index >= 15 is 0 Å². The molecule has 5 nitrogen and oxygen atoms in total. The molecule has 0 aliphatic carbocycles. The Labute approximate surface area is 111 Å². The van der Waals surface area contributed by atoms with E-state index in [4.69, 9.17) is 0 Å². The summed E-state index contributed by atoms with van der Waals surface area (Å²) in [6.07, 6.45) is 1.32. The molecule has 1 heterocycles. The maximum Gasteiger partial charge on any atom is 0.223 e. The van der Waals surface area contributed by atoms with Gasteiger partial charge in [-0.2, -0.15) is 0 Å². The lowest BCUT2D eigenvalue weighted by Gasteiger charge is -2.16. The van der Waals surface area contributed by atoms with Crippen molar-refractivity contribution in [1.29, 1.82) is 0 Å². The van der Waals surface area contributed by atoms with E-state index in [-0.39, 0.29) is 12.4 Å². The molecule has 0 saturated heterocycles. The van der Waals surface area contributed by atoms with Gasteiger partial charge in [-0.3, -0.25) is 4.79 Å². The van der Waals surface area contributed by atoms with Crippen LogP contribution in [0.1, 0.15) is 5.69 Å². The molecule has 0 amide bonds. The van der Waals surface area contributed by atoms with Crippen molar-refractivity contribution in [2.75, 3.05) is 19.0 Å². The van der Waals surface area contributed by atoms with Crippen molar-refractivity contribution in [2.24, 2.45) is 0 Å². The van der Waals surface area contributed by atoms with E-state index in [9.17, 15) is 15.0 Å². The van der Waals surface area contributed by atoms with Gasteiger partial charge in [0.05, 0.1) is 18.5 Å². The molecule has 0 atom stereocenters. The van der Waals surface area contributed by atoms with E-state index in [1.165, 1.54) is 12.3 Å². The van der Waals surface area contributed by atoms with Crippen molar-refractivity contribution in [1.82, 2.24) is 4.57 Å². The van der Waals surface area contributed by atoms with Crippen LogP contribution in [0.25, 0.3) is 5.69 Å². The lowest BCUT2D eigenvalue weighted by atomic mass is 10.2. The molecule has 100 valence electrons. The molecule has 1 aromatic heterocycles. The zero-order chi connectivity index (χ0) is 14.0. The minimum absolute atomic E-state index is 0.276. The van der Waals surface area contributed by atoms with E-state index in [0.717, 1.165) is 11.4 Å². The van der Waals surface area contributed by atoms with Crippen LogP contribution in [-0.4, -0.2) is 28.9 Å². The van der Waals surface area contributed by atoms with Crippen LogP contribution < -0.4 is 10.3 Å². The summed E-state index contributed by atoms with van der Waals surface area (Å²) in [6.45, 7) is -0.276. The maximum absolute atomic E-state index is 11.4. The summed E-state index contributed by atoms with van der Waals surface area (Å²) < 4.78 is 1.60. The molecule has 0 radical (unpaired) electrons. The highest BCUT2D eigenvalue weighted by atomic mass is 16.3. The number of aliphatic hydroxyl groups excluding tert-OH is 1. The average Bonchev–Trinajstić information content (AvgIpc) is 2.41. The highest BCUT2D eigenvalue weighted by molar-refractivity contribution is 5.53.